The number of hydrogen-bond donors (Lipinski definition) is 1. The Bertz CT molecular complexity index is 764. The van der Waals surface area contributed by atoms with E-state index in [-0.39, 0.29) is 5.56 Å². The zero-order valence-electron chi connectivity index (χ0n) is 10.0. The number of aryl methyl sites for hydroxylation is 1. The van der Waals surface area contributed by atoms with Crippen LogP contribution in [-0.4, -0.2) is 15.3 Å². The molecule has 0 saturated carbocycles. The molecule has 0 fully saturated rings. The van der Waals surface area contributed by atoms with Crippen molar-refractivity contribution >= 4 is 37.5 Å². The lowest BCUT2D eigenvalue weighted by molar-refractivity contribution is 0.960. The van der Waals surface area contributed by atoms with E-state index in [1.807, 2.05) is 36.4 Å². The van der Waals surface area contributed by atoms with Gasteiger partial charge < -0.3 is 4.98 Å². The zero-order chi connectivity index (χ0) is 13.2. The number of aromatic nitrogens is 2. The van der Waals surface area contributed by atoms with Gasteiger partial charge in [0.25, 0.3) is 5.56 Å². The molecule has 0 aliphatic heterocycles. The van der Waals surface area contributed by atoms with Crippen molar-refractivity contribution < 1.29 is 0 Å². The SMILES string of the molecule is O=c1[nH]c(CCBr)nc2sc(-c3ccccc3)cc12. The number of alkyl halides is 1. The maximum absolute atomic E-state index is 12.0. The normalized spacial score (nSPS) is 11.0. The fraction of sp³-hybridized carbons (Fsp3) is 0.143. The third-order valence-corrected chi connectivity index (χ3v) is 4.32. The van der Waals surface area contributed by atoms with Crippen LogP contribution >= 0.6 is 27.3 Å². The molecule has 2 heterocycles. The lowest BCUT2D eigenvalue weighted by atomic mass is 10.2. The van der Waals surface area contributed by atoms with Gasteiger partial charge in [-0.25, -0.2) is 4.98 Å². The van der Waals surface area contributed by atoms with Crippen molar-refractivity contribution in [3.63, 3.8) is 0 Å². The number of hydrogen-bond acceptors (Lipinski definition) is 3. The van der Waals surface area contributed by atoms with E-state index in [0.717, 1.165) is 32.8 Å². The maximum atomic E-state index is 12.0. The summed E-state index contributed by atoms with van der Waals surface area (Å²) in [5.74, 6) is 0.732. The van der Waals surface area contributed by atoms with Crippen molar-refractivity contribution in [2.75, 3.05) is 5.33 Å². The first-order valence-electron chi connectivity index (χ1n) is 5.92. The second kappa shape index (κ2) is 5.27. The van der Waals surface area contributed by atoms with Gasteiger partial charge >= 0.3 is 0 Å². The highest BCUT2D eigenvalue weighted by Crippen LogP contribution is 2.30. The molecule has 0 atom stereocenters. The van der Waals surface area contributed by atoms with Crippen LogP contribution in [0.25, 0.3) is 20.7 Å². The summed E-state index contributed by atoms with van der Waals surface area (Å²) in [5.41, 5.74) is 1.06. The molecule has 1 N–H and O–H groups in total. The minimum atomic E-state index is -0.0561. The van der Waals surface area contributed by atoms with E-state index in [1.54, 1.807) is 11.3 Å². The summed E-state index contributed by atoms with van der Waals surface area (Å²) in [6.45, 7) is 0. The van der Waals surface area contributed by atoms with Gasteiger partial charge in [-0.3, -0.25) is 4.79 Å². The van der Waals surface area contributed by atoms with E-state index in [4.69, 9.17) is 0 Å². The number of nitrogens with one attached hydrogen (secondary N) is 1. The number of benzene rings is 1. The molecule has 0 saturated heterocycles. The zero-order valence-corrected chi connectivity index (χ0v) is 12.4. The summed E-state index contributed by atoms with van der Waals surface area (Å²) >= 11 is 4.92. The van der Waals surface area contributed by atoms with Crippen molar-refractivity contribution in [2.24, 2.45) is 0 Å². The second-order valence-corrected chi connectivity index (χ2v) is 5.97. The quantitative estimate of drug-likeness (QED) is 0.744. The summed E-state index contributed by atoms with van der Waals surface area (Å²) in [6.07, 6.45) is 0.726. The summed E-state index contributed by atoms with van der Waals surface area (Å²) in [6, 6.07) is 12.0. The van der Waals surface area contributed by atoms with Crippen LogP contribution in [0, 0.1) is 0 Å². The summed E-state index contributed by atoms with van der Waals surface area (Å²) < 4.78 is 0. The summed E-state index contributed by atoms with van der Waals surface area (Å²) in [4.78, 5) is 21.2. The van der Waals surface area contributed by atoms with Crippen LogP contribution in [0.3, 0.4) is 0 Å². The number of halogens is 1. The monoisotopic (exact) mass is 334 g/mol. The molecular formula is C14H11BrN2OS. The van der Waals surface area contributed by atoms with Gasteiger partial charge in [0.05, 0.1) is 5.39 Å². The van der Waals surface area contributed by atoms with Crippen molar-refractivity contribution in [3.8, 4) is 10.4 Å². The van der Waals surface area contributed by atoms with Gasteiger partial charge in [0.2, 0.25) is 0 Å². The highest BCUT2D eigenvalue weighted by molar-refractivity contribution is 9.09. The van der Waals surface area contributed by atoms with Gasteiger partial charge in [-0.2, -0.15) is 0 Å². The van der Waals surface area contributed by atoms with Crippen molar-refractivity contribution in [2.45, 2.75) is 6.42 Å². The predicted octanol–water partition coefficient (Wildman–Crippen LogP) is 3.59. The van der Waals surface area contributed by atoms with Gasteiger partial charge in [0.15, 0.2) is 0 Å². The number of H-pyrrole nitrogens is 1. The Morgan fingerprint density at radius 3 is 2.79 bits per heavy atom. The van der Waals surface area contributed by atoms with Crippen LogP contribution < -0.4 is 5.56 Å². The number of fused-ring (bicyclic) bond motifs is 1. The van der Waals surface area contributed by atoms with Crippen LogP contribution in [0.5, 0.6) is 0 Å². The number of nitrogens with zero attached hydrogens (tertiary/aromatic N) is 1. The first kappa shape index (κ1) is 12.6. The average molecular weight is 335 g/mol. The first-order chi connectivity index (χ1) is 9.28. The lowest BCUT2D eigenvalue weighted by Crippen LogP contribution is -2.10. The molecule has 0 aliphatic carbocycles. The Kier molecular flexibility index (Phi) is 3.48. The van der Waals surface area contributed by atoms with E-state index in [2.05, 4.69) is 25.9 Å². The first-order valence-corrected chi connectivity index (χ1v) is 7.86. The van der Waals surface area contributed by atoms with Gasteiger partial charge in [0.1, 0.15) is 10.7 Å². The minimum Gasteiger partial charge on any atom is -0.310 e. The molecular weight excluding hydrogens is 324 g/mol. The minimum absolute atomic E-state index is 0.0561. The standard InChI is InChI=1S/C14H11BrN2OS/c15-7-6-12-16-13(18)10-8-11(19-14(10)17-12)9-4-2-1-3-5-9/h1-5,8H,6-7H2,(H,16,17,18). The second-order valence-electron chi connectivity index (χ2n) is 4.15. The molecule has 96 valence electrons. The summed E-state index contributed by atoms with van der Waals surface area (Å²) in [5, 5.41) is 1.46. The van der Waals surface area contributed by atoms with Crippen molar-refractivity contribution in [1.29, 1.82) is 0 Å². The highest BCUT2D eigenvalue weighted by Gasteiger charge is 2.09. The van der Waals surface area contributed by atoms with Crippen LogP contribution in [0.4, 0.5) is 0 Å². The number of rotatable bonds is 3. The third kappa shape index (κ3) is 2.48. The van der Waals surface area contributed by atoms with E-state index < -0.39 is 0 Å². The molecule has 1 aromatic carbocycles. The highest BCUT2D eigenvalue weighted by atomic mass is 79.9. The molecule has 3 nitrogen and oxygen atoms in total. The molecule has 5 heteroatoms. The molecule has 0 spiro atoms. The Morgan fingerprint density at radius 1 is 1.26 bits per heavy atom. The Hall–Kier alpha value is -1.46. The van der Waals surface area contributed by atoms with Gasteiger partial charge in [-0.05, 0) is 11.6 Å². The van der Waals surface area contributed by atoms with Gasteiger partial charge in [-0.15, -0.1) is 11.3 Å². The lowest BCUT2D eigenvalue weighted by Gasteiger charge is -1.96. The van der Waals surface area contributed by atoms with Crippen LogP contribution in [-0.2, 0) is 6.42 Å². The van der Waals surface area contributed by atoms with Gasteiger partial charge in [-0.1, -0.05) is 46.3 Å². The molecule has 0 unspecified atom stereocenters. The van der Waals surface area contributed by atoms with Crippen molar-refractivity contribution in [1.82, 2.24) is 9.97 Å². The topological polar surface area (TPSA) is 45.8 Å². The largest absolute Gasteiger partial charge is 0.310 e. The maximum Gasteiger partial charge on any atom is 0.259 e. The molecule has 3 rings (SSSR count). The fourth-order valence-electron chi connectivity index (χ4n) is 1.93. The van der Waals surface area contributed by atoms with Crippen LogP contribution in [0.2, 0.25) is 0 Å². The smallest absolute Gasteiger partial charge is 0.259 e. The fourth-order valence-corrected chi connectivity index (χ4v) is 3.36. The Labute approximate surface area is 122 Å². The molecule has 19 heavy (non-hydrogen) atoms. The van der Waals surface area contributed by atoms with E-state index >= 15 is 0 Å². The molecule has 3 aromatic rings. The predicted molar refractivity (Wildman–Crippen MR) is 83.2 cm³/mol. The Morgan fingerprint density at radius 2 is 2.05 bits per heavy atom. The van der Waals surface area contributed by atoms with Crippen LogP contribution in [0.1, 0.15) is 5.82 Å². The van der Waals surface area contributed by atoms with E-state index in [1.165, 1.54) is 0 Å². The molecule has 0 bridgehead atoms. The average Bonchev–Trinajstić information content (AvgIpc) is 2.85. The molecule has 2 aromatic heterocycles. The molecule has 0 radical (unpaired) electrons. The molecule has 0 amide bonds. The van der Waals surface area contributed by atoms with Crippen LogP contribution in [0.15, 0.2) is 41.2 Å². The summed E-state index contributed by atoms with van der Waals surface area (Å²) in [7, 11) is 0. The van der Waals surface area contributed by atoms with Crippen molar-refractivity contribution in [3.05, 3.63) is 52.6 Å². The molecule has 0 aliphatic rings. The van der Waals surface area contributed by atoms with Gasteiger partial charge in [0, 0.05) is 16.6 Å². The number of aromatic amines is 1. The number of thiophene rings is 1. The third-order valence-electron chi connectivity index (χ3n) is 2.84. The van der Waals surface area contributed by atoms with E-state index in [0.29, 0.717) is 5.39 Å². The van der Waals surface area contributed by atoms with E-state index in [9.17, 15) is 4.79 Å². The Balaban J connectivity index is 2.16.